The number of thiazole rings is 1. The summed E-state index contributed by atoms with van der Waals surface area (Å²) in [6.45, 7) is 1.13. The number of hydrogen-bond acceptors (Lipinski definition) is 4. The lowest BCUT2D eigenvalue weighted by Gasteiger charge is -2.21. The Hall–Kier alpha value is -0.230. The lowest BCUT2D eigenvalue weighted by molar-refractivity contribution is 0.407. The highest BCUT2D eigenvalue weighted by atomic mass is 79.9. The smallest absolute Gasteiger partial charge is 0.133 e. The van der Waals surface area contributed by atoms with Gasteiger partial charge in [0, 0.05) is 5.38 Å². The average Bonchev–Trinajstić information content (AvgIpc) is 2.98. The van der Waals surface area contributed by atoms with Gasteiger partial charge in [-0.1, -0.05) is 6.42 Å². The Balaban J connectivity index is 1.82. The Bertz CT molecular complexity index is 500. The largest absolute Gasteiger partial charge is 0.309 e. The van der Waals surface area contributed by atoms with Crippen molar-refractivity contribution < 1.29 is 0 Å². The Labute approximate surface area is 117 Å². The van der Waals surface area contributed by atoms with Crippen molar-refractivity contribution in [1.82, 2.24) is 10.3 Å². The summed E-state index contributed by atoms with van der Waals surface area (Å²) in [5.74, 6) is 0. The fourth-order valence-corrected chi connectivity index (χ4v) is 4.42. The van der Waals surface area contributed by atoms with Gasteiger partial charge in [-0.3, -0.25) is 0 Å². The van der Waals surface area contributed by atoms with Crippen LogP contribution in [-0.2, 0) is 0 Å². The molecule has 0 radical (unpaired) electrons. The predicted octanol–water partition coefficient (Wildman–Crippen LogP) is 4.45. The number of nitrogens with zero attached hydrogens (tertiary/aromatic N) is 1. The van der Waals surface area contributed by atoms with E-state index in [1.54, 1.807) is 22.7 Å². The molecule has 3 heterocycles. The molecule has 0 aliphatic carbocycles. The summed E-state index contributed by atoms with van der Waals surface area (Å²) in [6, 6.07) is 4.68. The van der Waals surface area contributed by atoms with Crippen molar-refractivity contribution in [2.24, 2.45) is 0 Å². The van der Waals surface area contributed by atoms with Crippen molar-refractivity contribution in [1.29, 1.82) is 0 Å². The maximum absolute atomic E-state index is 4.76. The second kappa shape index (κ2) is 5.18. The SMILES string of the molecule is Brc1ccc(-c2nc(C3CCCCN3)cs2)s1. The van der Waals surface area contributed by atoms with E-state index in [2.05, 4.69) is 38.8 Å². The highest BCUT2D eigenvalue weighted by molar-refractivity contribution is 9.11. The molecule has 1 aliphatic rings. The normalized spacial score (nSPS) is 20.6. The molecule has 1 N–H and O–H groups in total. The van der Waals surface area contributed by atoms with Crippen LogP contribution >= 0.6 is 38.6 Å². The lowest BCUT2D eigenvalue weighted by atomic mass is 10.0. The number of aromatic nitrogens is 1. The molecule has 3 rings (SSSR count). The molecular formula is C12H13BrN2S2. The summed E-state index contributed by atoms with van der Waals surface area (Å²) >= 11 is 6.99. The number of nitrogens with one attached hydrogen (secondary N) is 1. The second-order valence-electron chi connectivity index (χ2n) is 4.18. The number of piperidine rings is 1. The Morgan fingerprint density at radius 3 is 3.00 bits per heavy atom. The first-order valence-corrected chi connectivity index (χ1v) is 8.26. The van der Waals surface area contributed by atoms with E-state index in [9.17, 15) is 0 Å². The second-order valence-corrected chi connectivity index (χ2v) is 7.50. The van der Waals surface area contributed by atoms with Gasteiger partial charge in [0.1, 0.15) is 5.01 Å². The first kappa shape index (κ1) is 11.8. The molecule has 0 aromatic carbocycles. The Morgan fingerprint density at radius 2 is 2.29 bits per heavy atom. The molecule has 0 amide bonds. The van der Waals surface area contributed by atoms with Crippen molar-refractivity contribution >= 4 is 38.6 Å². The van der Waals surface area contributed by atoms with Gasteiger partial charge >= 0.3 is 0 Å². The molecule has 5 heteroatoms. The Kier molecular flexibility index (Phi) is 3.61. The van der Waals surface area contributed by atoms with Crippen LogP contribution in [0.2, 0.25) is 0 Å². The van der Waals surface area contributed by atoms with Crippen LogP contribution < -0.4 is 5.32 Å². The molecule has 1 atom stereocenters. The van der Waals surface area contributed by atoms with Crippen LogP contribution in [-0.4, -0.2) is 11.5 Å². The van der Waals surface area contributed by atoms with Gasteiger partial charge in [-0.25, -0.2) is 4.98 Å². The van der Waals surface area contributed by atoms with E-state index in [4.69, 9.17) is 4.98 Å². The Morgan fingerprint density at radius 1 is 1.35 bits per heavy atom. The van der Waals surface area contributed by atoms with Gasteiger partial charge < -0.3 is 5.32 Å². The van der Waals surface area contributed by atoms with E-state index in [1.165, 1.54) is 33.6 Å². The predicted molar refractivity (Wildman–Crippen MR) is 77.7 cm³/mol. The van der Waals surface area contributed by atoms with Gasteiger partial charge in [0.15, 0.2) is 0 Å². The highest BCUT2D eigenvalue weighted by Gasteiger charge is 2.18. The van der Waals surface area contributed by atoms with Gasteiger partial charge in [0.05, 0.1) is 20.4 Å². The molecule has 0 bridgehead atoms. The first-order chi connectivity index (χ1) is 8.33. The van der Waals surface area contributed by atoms with Crippen LogP contribution in [0.25, 0.3) is 9.88 Å². The third-order valence-corrected chi connectivity index (χ3v) is 5.63. The molecule has 0 saturated carbocycles. The van der Waals surface area contributed by atoms with E-state index >= 15 is 0 Å². The molecule has 1 unspecified atom stereocenters. The summed E-state index contributed by atoms with van der Waals surface area (Å²) < 4.78 is 1.17. The molecule has 90 valence electrons. The van der Waals surface area contributed by atoms with E-state index in [1.807, 2.05) is 0 Å². The molecule has 2 aromatic rings. The summed E-state index contributed by atoms with van der Waals surface area (Å²) in [5, 5.41) is 6.89. The molecule has 2 aromatic heterocycles. The summed E-state index contributed by atoms with van der Waals surface area (Å²) in [4.78, 5) is 6.02. The minimum atomic E-state index is 0.470. The highest BCUT2D eigenvalue weighted by Crippen LogP contribution is 2.35. The average molecular weight is 329 g/mol. The lowest BCUT2D eigenvalue weighted by Crippen LogP contribution is -2.26. The van der Waals surface area contributed by atoms with Crippen molar-refractivity contribution in [3.63, 3.8) is 0 Å². The van der Waals surface area contributed by atoms with Crippen molar-refractivity contribution in [2.45, 2.75) is 25.3 Å². The van der Waals surface area contributed by atoms with Gasteiger partial charge in [-0.15, -0.1) is 22.7 Å². The van der Waals surface area contributed by atoms with Crippen LogP contribution in [0.1, 0.15) is 31.0 Å². The minimum absolute atomic E-state index is 0.470. The van der Waals surface area contributed by atoms with E-state index in [0.717, 1.165) is 11.6 Å². The quantitative estimate of drug-likeness (QED) is 0.880. The maximum atomic E-state index is 4.76. The molecule has 1 aliphatic heterocycles. The molecule has 17 heavy (non-hydrogen) atoms. The third kappa shape index (κ3) is 2.62. The van der Waals surface area contributed by atoms with Gasteiger partial charge in [0.2, 0.25) is 0 Å². The summed E-state index contributed by atoms with van der Waals surface area (Å²) in [5.41, 5.74) is 1.22. The third-order valence-electron chi connectivity index (χ3n) is 2.97. The molecule has 0 spiro atoms. The van der Waals surface area contributed by atoms with Crippen LogP contribution in [0.3, 0.4) is 0 Å². The summed E-state index contributed by atoms with van der Waals surface area (Å²) in [7, 11) is 0. The zero-order valence-electron chi connectivity index (χ0n) is 9.28. The number of hydrogen-bond donors (Lipinski definition) is 1. The van der Waals surface area contributed by atoms with Crippen molar-refractivity contribution in [3.05, 3.63) is 27.0 Å². The fraction of sp³-hybridized carbons (Fsp3) is 0.417. The molecule has 1 fully saturated rings. The van der Waals surface area contributed by atoms with E-state index in [0.29, 0.717) is 6.04 Å². The summed E-state index contributed by atoms with van der Waals surface area (Å²) in [6.07, 6.45) is 3.83. The number of rotatable bonds is 2. The minimum Gasteiger partial charge on any atom is -0.309 e. The molecule has 1 saturated heterocycles. The van der Waals surface area contributed by atoms with Crippen LogP contribution in [0.4, 0.5) is 0 Å². The molecular weight excluding hydrogens is 316 g/mol. The van der Waals surface area contributed by atoms with Gasteiger partial charge in [-0.2, -0.15) is 0 Å². The van der Waals surface area contributed by atoms with E-state index in [-0.39, 0.29) is 0 Å². The van der Waals surface area contributed by atoms with Gasteiger partial charge in [0.25, 0.3) is 0 Å². The monoisotopic (exact) mass is 328 g/mol. The van der Waals surface area contributed by atoms with Gasteiger partial charge in [-0.05, 0) is 47.4 Å². The standard InChI is InChI=1S/C12H13BrN2S2/c13-11-5-4-10(17-11)12-15-9(7-16-12)8-3-1-2-6-14-8/h4-5,7-8,14H,1-3,6H2. The van der Waals surface area contributed by atoms with Crippen molar-refractivity contribution in [2.75, 3.05) is 6.54 Å². The number of thiophene rings is 1. The number of halogens is 1. The maximum Gasteiger partial charge on any atom is 0.133 e. The zero-order valence-corrected chi connectivity index (χ0v) is 12.5. The topological polar surface area (TPSA) is 24.9 Å². The fourth-order valence-electron chi connectivity index (χ4n) is 2.09. The zero-order chi connectivity index (χ0) is 11.7. The van der Waals surface area contributed by atoms with E-state index < -0.39 is 0 Å². The molecule has 2 nitrogen and oxygen atoms in total. The van der Waals surface area contributed by atoms with Crippen LogP contribution in [0.5, 0.6) is 0 Å². The first-order valence-electron chi connectivity index (χ1n) is 5.77. The van der Waals surface area contributed by atoms with Crippen LogP contribution in [0, 0.1) is 0 Å². The van der Waals surface area contributed by atoms with Crippen molar-refractivity contribution in [3.8, 4) is 9.88 Å². The van der Waals surface area contributed by atoms with Crippen LogP contribution in [0.15, 0.2) is 21.3 Å².